The third-order valence-electron chi connectivity index (χ3n) is 3.51. The van der Waals surface area contributed by atoms with Gasteiger partial charge in [0.25, 0.3) is 0 Å². The highest BCUT2D eigenvalue weighted by Crippen LogP contribution is 2.40. The third kappa shape index (κ3) is 3.59. The molecule has 1 atom stereocenters. The van der Waals surface area contributed by atoms with Crippen molar-refractivity contribution in [2.45, 2.75) is 37.6 Å². The molecule has 0 saturated carbocycles. The number of hydrogen-bond donors (Lipinski definition) is 0. The van der Waals surface area contributed by atoms with E-state index in [1.165, 1.54) is 0 Å². The Morgan fingerprint density at radius 2 is 2.10 bits per heavy atom. The predicted octanol–water partition coefficient (Wildman–Crippen LogP) is 2.68. The number of thioether (sulfide) groups is 1. The summed E-state index contributed by atoms with van der Waals surface area (Å²) < 4.78 is 4.97. The quantitative estimate of drug-likeness (QED) is 0.785. The molecule has 1 aliphatic heterocycles. The van der Waals surface area contributed by atoms with Crippen LogP contribution in [0, 0.1) is 0 Å². The minimum absolute atomic E-state index is 0.00973. The SMILES string of the molecule is CCOC(=O)CN(C(=O)C1CSc2ccccc21)C(C)C. The van der Waals surface area contributed by atoms with Crippen LogP contribution >= 0.6 is 11.8 Å². The largest absolute Gasteiger partial charge is 0.465 e. The summed E-state index contributed by atoms with van der Waals surface area (Å²) in [6.45, 7) is 5.97. The van der Waals surface area contributed by atoms with E-state index < -0.39 is 0 Å². The summed E-state index contributed by atoms with van der Waals surface area (Å²) in [5, 5.41) is 0. The van der Waals surface area contributed by atoms with Crippen molar-refractivity contribution in [3.8, 4) is 0 Å². The molecule has 1 unspecified atom stereocenters. The van der Waals surface area contributed by atoms with E-state index in [4.69, 9.17) is 4.74 Å². The van der Waals surface area contributed by atoms with Crippen molar-refractivity contribution in [2.75, 3.05) is 18.9 Å². The molecule has 0 radical (unpaired) electrons. The Bertz CT molecular complexity index is 530. The molecule has 0 fully saturated rings. The normalized spacial score (nSPS) is 16.7. The minimum atomic E-state index is -0.349. The number of ether oxygens (including phenoxy) is 1. The average Bonchev–Trinajstić information content (AvgIpc) is 2.88. The van der Waals surface area contributed by atoms with Crippen LogP contribution in [0.15, 0.2) is 29.2 Å². The van der Waals surface area contributed by atoms with Gasteiger partial charge in [-0.2, -0.15) is 0 Å². The summed E-state index contributed by atoms with van der Waals surface area (Å²) in [5.74, 6) is 0.238. The van der Waals surface area contributed by atoms with Crippen molar-refractivity contribution in [3.05, 3.63) is 29.8 Å². The predicted molar refractivity (Wildman–Crippen MR) is 83.4 cm³/mol. The van der Waals surface area contributed by atoms with E-state index in [9.17, 15) is 9.59 Å². The lowest BCUT2D eigenvalue weighted by molar-refractivity contribution is -0.150. The number of esters is 1. The van der Waals surface area contributed by atoms with Gasteiger partial charge in [-0.1, -0.05) is 18.2 Å². The number of nitrogens with zero attached hydrogens (tertiary/aromatic N) is 1. The van der Waals surface area contributed by atoms with E-state index in [1.807, 2.05) is 38.1 Å². The zero-order valence-corrected chi connectivity index (χ0v) is 13.5. The van der Waals surface area contributed by atoms with Crippen LogP contribution in [0.2, 0.25) is 0 Å². The van der Waals surface area contributed by atoms with Crippen LogP contribution in [0.3, 0.4) is 0 Å². The fourth-order valence-electron chi connectivity index (χ4n) is 2.43. The molecule has 1 aromatic carbocycles. The number of benzene rings is 1. The molecule has 5 heteroatoms. The van der Waals surface area contributed by atoms with Crippen molar-refractivity contribution < 1.29 is 14.3 Å². The molecule has 1 aliphatic rings. The molecule has 21 heavy (non-hydrogen) atoms. The lowest BCUT2D eigenvalue weighted by Crippen LogP contribution is -2.43. The Kier molecular flexibility index (Phi) is 5.28. The molecule has 114 valence electrons. The third-order valence-corrected chi connectivity index (χ3v) is 4.69. The van der Waals surface area contributed by atoms with Crippen molar-refractivity contribution in [1.29, 1.82) is 0 Å². The van der Waals surface area contributed by atoms with Gasteiger partial charge in [-0.25, -0.2) is 0 Å². The van der Waals surface area contributed by atoms with Gasteiger partial charge in [-0.05, 0) is 32.4 Å². The second-order valence-corrected chi connectivity index (χ2v) is 6.33. The number of carbonyl (C=O) groups is 2. The number of fused-ring (bicyclic) bond motifs is 1. The maximum Gasteiger partial charge on any atom is 0.325 e. The molecule has 0 N–H and O–H groups in total. The average molecular weight is 307 g/mol. The van der Waals surface area contributed by atoms with Gasteiger partial charge < -0.3 is 9.64 Å². The van der Waals surface area contributed by atoms with Crippen LogP contribution in [-0.4, -0.2) is 41.7 Å². The Balaban J connectivity index is 2.15. The highest BCUT2D eigenvalue weighted by molar-refractivity contribution is 7.99. The number of amides is 1. The maximum absolute atomic E-state index is 12.8. The molecule has 0 aromatic heterocycles. The Labute approximate surface area is 129 Å². The molecule has 0 spiro atoms. The van der Waals surface area contributed by atoms with Crippen LogP contribution < -0.4 is 0 Å². The summed E-state index contributed by atoms with van der Waals surface area (Å²) in [4.78, 5) is 27.3. The van der Waals surface area contributed by atoms with E-state index in [-0.39, 0.29) is 30.4 Å². The Morgan fingerprint density at radius 1 is 1.38 bits per heavy atom. The Morgan fingerprint density at radius 3 is 2.76 bits per heavy atom. The molecule has 2 rings (SSSR count). The van der Waals surface area contributed by atoms with Crippen LogP contribution in [-0.2, 0) is 14.3 Å². The summed E-state index contributed by atoms with van der Waals surface area (Å²) in [5.41, 5.74) is 1.07. The number of carbonyl (C=O) groups excluding carboxylic acids is 2. The van der Waals surface area contributed by atoms with Gasteiger partial charge in [0.1, 0.15) is 6.54 Å². The van der Waals surface area contributed by atoms with Crippen LogP contribution in [0.25, 0.3) is 0 Å². The monoisotopic (exact) mass is 307 g/mol. The van der Waals surface area contributed by atoms with Gasteiger partial charge in [0.05, 0.1) is 12.5 Å². The lowest BCUT2D eigenvalue weighted by atomic mass is 9.99. The topological polar surface area (TPSA) is 46.6 Å². The number of hydrogen-bond acceptors (Lipinski definition) is 4. The van der Waals surface area contributed by atoms with Crippen LogP contribution in [0.4, 0.5) is 0 Å². The van der Waals surface area contributed by atoms with Gasteiger partial charge in [-0.15, -0.1) is 11.8 Å². The lowest BCUT2D eigenvalue weighted by Gasteiger charge is -2.28. The maximum atomic E-state index is 12.8. The van der Waals surface area contributed by atoms with Crippen LogP contribution in [0.1, 0.15) is 32.3 Å². The van der Waals surface area contributed by atoms with E-state index in [0.717, 1.165) is 16.2 Å². The van der Waals surface area contributed by atoms with Crippen molar-refractivity contribution in [2.24, 2.45) is 0 Å². The molecule has 1 amide bonds. The first kappa shape index (κ1) is 15.9. The van der Waals surface area contributed by atoms with Gasteiger partial charge in [0, 0.05) is 16.7 Å². The zero-order chi connectivity index (χ0) is 15.4. The molecule has 4 nitrogen and oxygen atoms in total. The minimum Gasteiger partial charge on any atom is -0.465 e. The second-order valence-electron chi connectivity index (χ2n) is 5.27. The fraction of sp³-hybridized carbons (Fsp3) is 0.500. The molecule has 0 saturated heterocycles. The molecule has 0 bridgehead atoms. The standard InChI is InChI=1S/C16H21NO3S/c1-4-20-15(18)9-17(11(2)3)16(19)13-10-21-14-8-6-5-7-12(13)14/h5-8,11,13H,4,9-10H2,1-3H3. The van der Waals surface area contributed by atoms with E-state index in [2.05, 4.69) is 0 Å². The summed E-state index contributed by atoms with van der Waals surface area (Å²) in [6.07, 6.45) is 0. The summed E-state index contributed by atoms with van der Waals surface area (Å²) in [7, 11) is 0. The van der Waals surface area contributed by atoms with Gasteiger partial charge in [0.15, 0.2) is 0 Å². The summed E-state index contributed by atoms with van der Waals surface area (Å²) >= 11 is 1.70. The highest BCUT2D eigenvalue weighted by Gasteiger charge is 2.34. The molecular formula is C16H21NO3S. The Hall–Kier alpha value is -1.49. The summed E-state index contributed by atoms with van der Waals surface area (Å²) in [6, 6.07) is 7.95. The van der Waals surface area contributed by atoms with Gasteiger partial charge >= 0.3 is 5.97 Å². The molecule has 1 aromatic rings. The highest BCUT2D eigenvalue weighted by atomic mass is 32.2. The van der Waals surface area contributed by atoms with Crippen LogP contribution in [0.5, 0.6) is 0 Å². The van der Waals surface area contributed by atoms with Gasteiger partial charge in [0.2, 0.25) is 5.91 Å². The molecular weight excluding hydrogens is 286 g/mol. The van der Waals surface area contributed by atoms with E-state index in [0.29, 0.717) is 6.61 Å². The first-order valence-electron chi connectivity index (χ1n) is 7.22. The molecule has 0 aliphatic carbocycles. The zero-order valence-electron chi connectivity index (χ0n) is 12.7. The fourth-order valence-corrected chi connectivity index (χ4v) is 3.65. The van der Waals surface area contributed by atoms with E-state index in [1.54, 1.807) is 23.6 Å². The number of rotatable bonds is 5. The smallest absolute Gasteiger partial charge is 0.325 e. The van der Waals surface area contributed by atoms with Crippen molar-refractivity contribution in [3.63, 3.8) is 0 Å². The first-order valence-corrected chi connectivity index (χ1v) is 8.21. The molecule has 1 heterocycles. The van der Waals surface area contributed by atoms with E-state index >= 15 is 0 Å². The van der Waals surface area contributed by atoms with Gasteiger partial charge in [-0.3, -0.25) is 9.59 Å². The van der Waals surface area contributed by atoms with Crippen molar-refractivity contribution in [1.82, 2.24) is 4.90 Å². The second kappa shape index (κ2) is 6.98. The first-order chi connectivity index (χ1) is 10.0. The van der Waals surface area contributed by atoms with Crippen molar-refractivity contribution >= 4 is 23.6 Å².